The molecule has 0 spiro atoms. The van der Waals surface area contributed by atoms with E-state index in [2.05, 4.69) is 21.9 Å². The molecule has 2 aromatic rings. The molecule has 0 saturated carbocycles. The van der Waals surface area contributed by atoms with Gasteiger partial charge in [0.1, 0.15) is 18.7 Å². The van der Waals surface area contributed by atoms with Gasteiger partial charge in [-0.2, -0.15) is 9.97 Å². The summed E-state index contributed by atoms with van der Waals surface area (Å²) in [6.07, 6.45) is 4.73. The van der Waals surface area contributed by atoms with Gasteiger partial charge in [0, 0.05) is 6.61 Å². The Kier molecular flexibility index (Phi) is 4.92. The fourth-order valence-electron chi connectivity index (χ4n) is 2.73. The Morgan fingerprint density at radius 3 is 2.91 bits per heavy atom. The zero-order chi connectivity index (χ0) is 16.2. The molecule has 0 bridgehead atoms. The van der Waals surface area contributed by atoms with Crippen LogP contribution >= 0.6 is 0 Å². The molecule has 3 N–H and O–H groups in total. The van der Waals surface area contributed by atoms with Crippen LogP contribution in [0.25, 0.3) is 11.2 Å². The van der Waals surface area contributed by atoms with E-state index in [0.29, 0.717) is 30.2 Å². The second-order valence-electron chi connectivity index (χ2n) is 5.64. The van der Waals surface area contributed by atoms with E-state index in [9.17, 15) is 5.11 Å². The highest BCUT2D eigenvalue weighted by Crippen LogP contribution is 2.30. The molecule has 0 amide bonds. The molecule has 8 nitrogen and oxygen atoms in total. The van der Waals surface area contributed by atoms with Gasteiger partial charge in [-0.05, 0) is 25.7 Å². The Hall–Kier alpha value is -1.93. The second kappa shape index (κ2) is 7.10. The smallest absolute Gasteiger partial charge is 0.320 e. The number of nitrogens with zero attached hydrogens (tertiary/aromatic N) is 4. The molecule has 2 aromatic heterocycles. The number of rotatable bonds is 6. The van der Waals surface area contributed by atoms with Crippen molar-refractivity contribution in [2.75, 3.05) is 18.9 Å². The molecule has 1 aliphatic heterocycles. The summed E-state index contributed by atoms with van der Waals surface area (Å²) in [5.41, 5.74) is 7.03. The average Bonchev–Trinajstić information content (AvgIpc) is 2.95. The first-order valence-electron chi connectivity index (χ1n) is 8.14. The second-order valence-corrected chi connectivity index (χ2v) is 5.64. The first kappa shape index (κ1) is 15.9. The molecular formula is C15H23N5O3. The maximum absolute atomic E-state index is 9.62. The van der Waals surface area contributed by atoms with Crippen LogP contribution in [0.15, 0.2) is 0 Å². The number of anilines is 1. The quantitative estimate of drug-likeness (QED) is 0.781. The van der Waals surface area contributed by atoms with Crippen molar-refractivity contribution in [2.45, 2.75) is 51.9 Å². The van der Waals surface area contributed by atoms with Crippen LogP contribution in [-0.2, 0) is 11.3 Å². The minimum absolute atomic E-state index is 0.186. The molecule has 3 heterocycles. The maximum atomic E-state index is 9.62. The van der Waals surface area contributed by atoms with E-state index in [1.807, 2.05) is 4.57 Å². The van der Waals surface area contributed by atoms with Crippen LogP contribution < -0.4 is 10.5 Å². The van der Waals surface area contributed by atoms with Crippen molar-refractivity contribution in [1.82, 2.24) is 19.5 Å². The van der Waals surface area contributed by atoms with Crippen LogP contribution in [0, 0.1) is 0 Å². The molecule has 0 radical (unpaired) electrons. The predicted octanol–water partition coefficient (Wildman–Crippen LogP) is 1.78. The number of nitrogen functional groups attached to an aromatic ring is 1. The number of nitrogens with two attached hydrogens (primary N) is 1. The number of fused-ring (bicyclic) bond motifs is 1. The zero-order valence-corrected chi connectivity index (χ0v) is 13.4. The minimum atomic E-state index is -0.207. The van der Waals surface area contributed by atoms with Crippen LogP contribution in [0.4, 0.5) is 5.82 Å². The Labute approximate surface area is 134 Å². The number of unbranched alkanes of at least 4 members (excludes halogenated alkanes) is 1. The van der Waals surface area contributed by atoms with Crippen LogP contribution in [-0.4, -0.2) is 37.8 Å². The summed E-state index contributed by atoms with van der Waals surface area (Å²) >= 11 is 0. The average molecular weight is 321 g/mol. The summed E-state index contributed by atoms with van der Waals surface area (Å²) in [4.78, 5) is 13.0. The van der Waals surface area contributed by atoms with Crippen LogP contribution in [0.3, 0.4) is 0 Å². The van der Waals surface area contributed by atoms with E-state index in [0.717, 1.165) is 32.1 Å². The largest absolute Gasteiger partial charge is 0.463 e. The number of hydrogen-bond acceptors (Lipinski definition) is 7. The summed E-state index contributed by atoms with van der Waals surface area (Å²) in [5, 5.41) is 9.62. The van der Waals surface area contributed by atoms with Gasteiger partial charge in [-0.15, -0.1) is 0 Å². The van der Waals surface area contributed by atoms with Gasteiger partial charge in [-0.1, -0.05) is 13.3 Å². The first-order valence-corrected chi connectivity index (χ1v) is 8.14. The lowest BCUT2D eigenvalue weighted by Crippen LogP contribution is -2.20. The third-order valence-electron chi connectivity index (χ3n) is 3.93. The standard InChI is InChI=1S/C15H23N5O3/c1-2-3-7-23-15-18-13(16)12-14(19-15)20(10(9-21)17-12)11-6-4-5-8-22-11/h11,21H,2-9H2,1H3,(H2,16,18,19). The number of aliphatic hydroxyl groups excluding tert-OH is 1. The van der Waals surface area contributed by atoms with Gasteiger partial charge in [0.25, 0.3) is 0 Å². The maximum Gasteiger partial charge on any atom is 0.320 e. The highest BCUT2D eigenvalue weighted by atomic mass is 16.5. The molecule has 1 saturated heterocycles. The lowest BCUT2D eigenvalue weighted by Gasteiger charge is -2.25. The molecule has 8 heteroatoms. The lowest BCUT2D eigenvalue weighted by molar-refractivity contribution is -0.0329. The summed E-state index contributed by atoms with van der Waals surface area (Å²) in [7, 11) is 0. The van der Waals surface area contributed by atoms with E-state index >= 15 is 0 Å². The number of hydrogen-bond donors (Lipinski definition) is 2. The van der Waals surface area contributed by atoms with Crippen molar-refractivity contribution in [3.05, 3.63) is 5.82 Å². The Morgan fingerprint density at radius 2 is 2.22 bits per heavy atom. The summed E-state index contributed by atoms with van der Waals surface area (Å²) < 4.78 is 13.2. The van der Waals surface area contributed by atoms with Crippen molar-refractivity contribution in [1.29, 1.82) is 0 Å². The number of aromatic nitrogens is 4. The van der Waals surface area contributed by atoms with Gasteiger partial charge < -0.3 is 20.3 Å². The molecule has 0 aromatic carbocycles. The molecule has 1 fully saturated rings. The van der Waals surface area contributed by atoms with Crippen LogP contribution in [0.5, 0.6) is 6.01 Å². The van der Waals surface area contributed by atoms with E-state index in [1.54, 1.807) is 0 Å². The van der Waals surface area contributed by atoms with Gasteiger partial charge in [-0.3, -0.25) is 4.57 Å². The van der Waals surface area contributed by atoms with Crippen molar-refractivity contribution in [3.8, 4) is 6.01 Å². The van der Waals surface area contributed by atoms with E-state index in [1.165, 1.54) is 0 Å². The normalized spacial score (nSPS) is 18.4. The van der Waals surface area contributed by atoms with E-state index in [4.69, 9.17) is 15.2 Å². The number of imidazole rings is 1. The van der Waals surface area contributed by atoms with Gasteiger partial charge in [-0.25, -0.2) is 4.98 Å². The molecule has 23 heavy (non-hydrogen) atoms. The highest BCUT2D eigenvalue weighted by Gasteiger charge is 2.24. The third kappa shape index (κ3) is 3.23. The van der Waals surface area contributed by atoms with Gasteiger partial charge in [0.05, 0.1) is 6.61 Å². The topological polar surface area (TPSA) is 108 Å². The minimum Gasteiger partial charge on any atom is -0.463 e. The van der Waals surface area contributed by atoms with Gasteiger partial charge >= 0.3 is 6.01 Å². The Balaban J connectivity index is 2.01. The van der Waals surface area contributed by atoms with E-state index < -0.39 is 0 Å². The molecule has 3 rings (SSSR count). The third-order valence-corrected chi connectivity index (χ3v) is 3.93. The summed E-state index contributed by atoms with van der Waals surface area (Å²) in [6, 6.07) is 0.241. The molecular weight excluding hydrogens is 298 g/mol. The molecule has 1 aliphatic rings. The number of ether oxygens (including phenoxy) is 2. The fraction of sp³-hybridized carbons (Fsp3) is 0.667. The predicted molar refractivity (Wildman–Crippen MR) is 84.9 cm³/mol. The number of aliphatic hydroxyl groups is 1. The van der Waals surface area contributed by atoms with E-state index in [-0.39, 0.29) is 24.7 Å². The monoisotopic (exact) mass is 321 g/mol. The highest BCUT2D eigenvalue weighted by molar-refractivity contribution is 5.82. The Bertz CT molecular complexity index is 667. The molecule has 0 aliphatic carbocycles. The van der Waals surface area contributed by atoms with Crippen LogP contribution in [0.1, 0.15) is 51.1 Å². The van der Waals surface area contributed by atoms with Crippen molar-refractivity contribution in [3.63, 3.8) is 0 Å². The van der Waals surface area contributed by atoms with Crippen LogP contribution in [0.2, 0.25) is 0 Å². The SMILES string of the molecule is CCCCOc1nc(N)c2nc(CO)n(C3CCCCO3)c2n1. The molecule has 1 atom stereocenters. The van der Waals surface area contributed by atoms with Crippen molar-refractivity contribution < 1.29 is 14.6 Å². The molecule has 1 unspecified atom stereocenters. The fourth-order valence-corrected chi connectivity index (χ4v) is 2.73. The molecule has 126 valence electrons. The summed E-state index contributed by atoms with van der Waals surface area (Å²) in [6.45, 7) is 3.12. The zero-order valence-electron chi connectivity index (χ0n) is 13.4. The van der Waals surface area contributed by atoms with Crippen molar-refractivity contribution >= 4 is 17.0 Å². The first-order chi connectivity index (χ1) is 11.2. The van der Waals surface area contributed by atoms with Gasteiger partial charge in [0.15, 0.2) is 17.0 Å². The summed E-state index contributed by atoms with van der Waals surface area (Å²) in [5.74, 6) is 0.740. The van der Waals surface area contributed by atoms with Gasteiger partial charge in [0.2, 0.25) is 0 Å². The lowest BCUT2D eigenvalue weighted by atomic mass is 10.2. The van der Waals surface area contributed by atoms with Crippen molar-refractivity contribution in [2.24, 2.45) is 0 Å². The Morgan fingerprint density at radius 1 is 1.35 bits per heavy atom.